The van der Waals surface area contributed by atoms with Gasteiger partial charge in [0, 0.05) is 55.2 Å². The number of nitrogens with zero attached hydrogens (tertiary/aromatic N) is 2. The lowest BCUT2D eigenvalue weighted by Crippen LogP contribution is -2.53. The number of halogens is 1. The van der Waals surface area contributed by atoms with E-state index in [9.17, 15) is 9.59 Å². The summed E-state index contributed by atoms with van der Waals surface area (Å²) in [6.45, 7) is 6.82. The van der Waals surface area contributed by atoms with Crippen molar-refractivity contribution >= 4 is 34.8 Å². The van der Waals surface area contributed by atoms with Gasteiger partial charge in [-0.25, -0.2) is 0 Å². The summed E-state index contributed by atoms with van der Waals surface area (Å²) in [5.41, 5.74) is 2.09. The van der Waals surface area contributed by atoms with Crippen LogP contribution in [0.1, 0.15) is 29.0 Å². The molecular formula is C27H31ClN4O2S. The minimum absolute atomic E-state index is 0.00851. The average molecular weight is 511 g/mol. The molecule has 2 N–H and O–H groups in total. The molecule has 0 aliphatic carbocycles. The smallest absolute Gasteiger partial charge is 0.309 e. The molecule has 2 heterocycles. The summed E-state index contributed by atoms with van der Waals surface area (Å²) < 4.78 is 0. The summed E-state index contributed by atoms with van der Waals surface area (Å²) in [5.74, 6) is -1.29. The predicted octanol–water partition coefficient (Wildman–Crippen LogP) is 4.08. The van der Waals surface area contributed by atoms with Crippen LogP contribution < -0.4 is 10.6 Å². The summed E-state index contributed by atoms with van der Waals surface area (Å²) in [5, 5.41) is 8.22. The number of benzene rings is 2. The second-order valence-electron chi connectivity index (χ2n) is 8.79. The van der Waals surface area contributed by atoms with Crippen molar-refractivity contribution in [2.75, 3.05) is 26.2 Å². The van der Waals surface area contributed by atoms with Gasteiger partial charge in [0.15, 0.2) is 0 Å². The van der Waals surface area contributed by atoms with Crippen LogP contribution in [0.5, 0.6) is 0 Å². The second-order valence-corrected chi connectivity index (χ2v) is 10.2. The molecule has 8 heteroatoms. The largest absolute Gasteiger partial charge is 0.344 e. The predicted molar refractivity (Wildman–Crippen MR) is 141 cm³/mol. The van der Waals surface area contributed by atoms with Crippen molar-refractivity contribution in [1.82, 2.24) is 20.4 Å². The number of carbonyl (C=O) groups is 2. The Bertz CT molecular complexity index is 1100. The summed E-state index contributed by atoms with van der Waals surface area (Å²) in [4.78, 5) is 31.2. The number of hydrogen-bond acceptors (Lipinski definition) is 5. The second kappa shape index (κ2) is 12.3. The molecule has 0 radical (unpaired) electrons. The van der Waals surface area contributed by atoms with Gasteiger partial charge < -0.3 is 10.6 Å². The molecule has 2 amide bonds. The van der Waals surface area contributed by atoms with E-state index < -0.39 is 11.8 Å². The van der Waals surface area contributed by atoms with Gasteiger partial charge in [0.25, 0.3) is 0 Å². The van der Waals surface area contributed by atoms with Crippen molar-refractivity contribution in [2.24, 2.45) is 0 Å². The van der Waals surface area contributed by atoms with Crippen molar-refractivity contribution in [2.45, 2.75) is 32.1 Å². The van der Waals surface area contributed by atoms with Gasteiger partial charge in [-0.05, 0) is 35.6 Å². The van der Waals surface area contributed by atoms with Crippen molar-refractivity contribution in [1.29, 1.82) is 0 Å². The first-order valence-corrected chi connectivity index (χ1v) is 13.1. The highest BCUT2D eigenvalue weighted by Gasteiger charge is 2.31. The molecule has 0 spiro atoms. The van der Waals surface area contributed by atoms with Crippen molar-refractivity contribution in [3.63, 3.8) is 0 Å². The molecule has 6 nitrogen and oxygen atoms in total. The maximum atomic E-state index is 12.7. The van der Waals surface area contributed by atoms with Gasteiger partial charge in [-0.15, -0.1) is 11.3 Å². The van der Waals surface area contributed by atoms with E-state index in [0.29, 0.717) is 5.02 Å². The molecule has 4 rings (SSSR count). The molecule has 1 saturated heterocycles. The number of rotatable bonds is 8. The Morgan fingerprint density at radius 3 is 2.34 bits per heavy atom. The normalized spacial score (nSPS) is 16.4. The molecule has 1 aromatic heterocycles. The van der Waals surface area contributed by atoms with Crippen LogP contribution in [0.2, 0.25) is 5.02 Å². The molecule has 2 aromatic carbocycles. The maximum absolute atomic E-state index is 12.7. The van der Waals surface area contributed by atoms with Crippen LogP contribution in [-0.4, -0.2) is 53.8 Å². The van der Waals surface area contributed by atoms with Gasteiger partial charge in [0.05, 0.1) is 6.04 Å². The zero-order chi connectivity index (χ0) is 24.6. The zero-order valence-corrected chi connectivity index (χ0v) is 21.4. The molecule has 35 heavy (non-hydrogen) atoms. The lowest BCUT2D eigenvalue weighted by Gasteiger charge is -2.41. The van der Waals surface area contributed by atoms with Crippen LogP contribution in [0.3, 0.4) is 0 Å². The Morgan fingerprint density at radius 2 is 1.66 bits per heavy atom. The number of amides is 2. The highest BCUT2D eigenvalue weighted by molar-refractivity contribution is 7.10. The van der Waals surface area contributed by atoms with Crippen LogP contribution >= 0.6 is 22.9 Å². The van der Waals surface area contributed by atoms with Crippen molar-refractivity contribution in [3.8, 4) is 0 Å². The topological polar surface area (TPSA) is 64.7 Å². The van der Waals surface area contributed by atoms with Crippen LogP contribution in [0.15, 0.2) is 72.1 Å². The Hall–Kier alpha value is -2.71. The Balaban J connectivity index is 1.34. The number of nitrogens with one attached hydrogen (secondary N) is 2. The summed E-state index contributed by atoms with van der Waals surface area (Å²) in [6.07, 6.45) is 0. The van der Waals surface area contributed by atoms with E-state index in [4.69, 9.17) is 11.6 Å². The first-order valence-electron chi connectivity index (χ1n) is 11.9. The Morgan fingerprint density at radius 1 is 0.943 bits per heavy atom. The van der Waals surface area contributed by atoms with Gasteiger partial charge >= 0.3 is 11.8 Å². The van der Waals surface area contributed by atoms with E-state index in [1.807, 2.05) is 37.3 Å². The van der Waals surface area contributed by atoms with Gasteiger partial charge in [-0.3, -0.25) is 19.4 Å². The minimum atomic E-state index is -0.658. The van der Waals surface area contributed by atoms with Gasteiger partial charge in [0.1, 0.15) is 0 Å². The fourth-order valence-corrected chi connectivity index (χ4v) is 5.66. The lowest BCUT2D eigenvalue weighted by atomic mass is 10.0. The maximum Gasteiger partial charge on any atom is 0.309 e. The summed E-state index contributed by atoms with van der Waals surface area (Å²) in [7, 11) is 0. The SMILES string of the molecule is C[C@@H](NC(=O)C(=O)NCc1ccccc1Cl)[C@H](c1cccs1)N1CCN(Cc2ccccc2)CC1. The third-order valence-electron chi connectivity index (χ3n) is 6.32. The van der Waals surface area contributed by atoms with E-state index in [2.05, 4.69) is 56.1 Å². The first kappa shape index (κ1) is 25.4. The van der Waals surface area contributed by atoms with Crippen LogP contribution in [0, 0.1) is 0 Å². The highest BCUT2D eigenvalue weighted by Crippen LogP contribution is 2.29. The van der Waals surface area contributed by atoms with E-state index in [1.165, 1.54) is 10.4 Å². The molecule has 1 aliphatic rings. The Labute approximate surface area is 215 Å². The fourth-order valence-electron chi connectivity index (χ4n) is 4.49. The Kier molecular flexibility index (Phi) is 8.93. The number of piperazine rings is 1. The number of hydrogen-bond donors (Lipinski definition) is 2. The molecule has 2 atom stereocenters. The zero-order valence-electron chi connectivity index (χ0n) is 19.8. The van der Waals surface area contributed by atoms with E-state index >= 15 is 0 Å². The molecule has 0 unspecified atom stereocenters. The van der Waals surface area contributed by atoms with E-state index in [-0.39, 0.29) is 18.6 Å². The third-order valence-corrected chi connectivity index (χ3v) is 7.63. The summed E-state index contributed by atoms with van der Waals surface area (Å²) in [6, 6.07) is 21.7. The number of thiophene rings is 1. The first-order chi connectivity index (χ1) is 17.0. The average Bonchev–Trinajstić information content (AvgIpc) is 3.39. The highest BCUT2D eigenvalue weighted by atomic mass is 35.5. The van der Waals surface area contributed by atoms with Crippen LogP contribution in [0.25, 0.3) is 0 Å². The quantitative estimate of drug-likeness (QED) is 0.448. The molecule has 1 aliphatic heterocycles. The van der Waals surface area contributed by atoms with Gasteiger partial charge in [0.2, 0.25) is 0 Å². The molecular weight excluding hydrogens is 480 g/mol. The van der Waals surface area contributed by atoms with Crippen LogP contribution in [0.4, 0.5) is 0 Å². The van der Waals surface area contributed by atoms with Crippen molar-refractivity contribution < 1.29 is 9.59 Å². The monoisotopic (exact) mass is 510 g/mol. The number of carbonyl (C=O) groups excluding carboxylic acids is 2. The molecule has 3 aromatic rings. The molecule has 184 valence electrons. The fraction of sp³-hybridized carbons (Fsp3) is 0.333. The van der Waals surface area contributed by atoms with E-state index in [1.54, 1.807) is 17.4 Å². The van der Waals surface area contributed by atoms with E-state index in [0.717, 1.165) is 38.3 Å². The van der Waals surface area contributed by atoms with Gasteiger partial charge in [-0.1, -0.05) is 66.2 Å². The third kappa shape index (κ3) is 6.92. The molecule has 0 saturated carbocycles. The summed E-state index contributed by atoms with van der Waals surface area (Å²) >= 11 is 7.83. The van der Waals surface area contributed by atoms with Gasteiger partial charge in [-0.2, -0.15) is 0 Å². The van der Waals surface area contributed by atoms with Crippen molar-refractivity contribution in [3.05, 3.63) is 93.1 Å². The lowest BCUT2D eigenvalue weighted by molar-refractivity contribution is -0.140. The standard InChI is InChI=1S/C27H31ClN4O2S/c1-20(30-27(34)26(33)29-18-22-10-5-6-11-23(22)28)25(24-12-7-17-35-24)32-15-13-31(14-16-32)19-21-8-3-2-4-9-21/h2-12,17,20,25H,13-16,18-19H2,1H3,(H,29,33)(H,30,34)/t20-,25-/m1/s1. The molecule has 1 fully saturated rings. The van der Waals surface area contributed by atoms with Crippen LogP contribution in [-0.2, 0) is 22.7 Å². The molecule has 0 bridgehead atoms. The minimum Gasteiger partial charge on any atom is -0.344 e.